The Hall–Kier alpha value is -3.36. The summed E-state index contributed by atoms with van der Waals surface area (Å²) in [5, 5.41) is 0. The second-order valence-corrected chi connectivity index (χ2v) is 9.82. The van der Waals surface area contributed by atoms with Crippen LogP contribution in [-0.4, -0.2) is 37.1 Å². The van der Waals surface area contributed by atoms with E-state index >= 15 is 0 Å². The van der Waals surface area contributed by atoms with Gasteiger partial charge in [-0.25, -0.2) is 17.7 Å². The van der Waals surface area contributed by atoms with Crippen molar-refractivity contribution >= 4 is 27.5 Å². The molecule has 2 amide bonds. The van der Waals surface area contributed by atoms with Gasteiger partial charge in [-0.05, 0) is 55.3 Å². The summed E-state index contributed by atoms with van der Waals surface area (Å²) in [6.07, 6.45) is 0.0938. The zero-order valence-electron chi connectivity index (χ0n) is 18.0. The molecule has 0 spiro atoms. The van der Waals surface area contributed by atoms with E-state index in [4.69, 9.17) is 0 Å². The van der Waals surface area contributed by atoms with Crippen LogP contribution >= 0.6 is 0 Å². The van der Waals surface area contributed by atoms with Crippen LogP contribution in [0.4, 0.5) is 10.1 Å². The van der Waals surface area contributed by atoms with Crippen LogP contribution in [0.15, 0.2) is 83.8 Å². The van der Waals surface area contributed by atoms with Gasteiger partial charge in [-0.2, -0.15) is 4.31 Å². The van der Waals surface area contributed by atoms with E-state index in [1.807, 2.05) is 37.3 Å². The van der Waals surface area contributed by atoms with Crippen LogP contribution in [0.5, 0.6) is 0 Å². The molecule has 4 rings (SSSR count). The van der Waals surface area contributed by atoms with E-state index < -0.39 is 33.7 Å². The molecule has 1 saturated heterocycles. The largest absolute Gasteiger partial charge is 0.274 e. The van der Waals surface area contributed by atoms with Gasteiger partial charge in [-0.3, -0.25) is 9.59 Å². The van der Waals surface area contributed by atoms with Gasteiger partial charge in [0.2, 0.25) is 15.9 Å². The van der Waals surface area contributed by atoms with Crippen molar-refractivity contribution in [3.63, 3.8) is 0 Å². The number of carbonyl (C=O) groups is 2. The second-order valence-electron chi connectivity index (χ2n) is 7.93. The van der Waals surface area contributed by atoms with Crippen LogP contribution in [0.1, 0.15) is 17.5 Å². The van der Waals surface area contributed by atoms with Gasteiger partial charge >= 0.3 is 0 Å². The van der Waals surface area contributed by atoms with Crippen LogP contribution in [0.3, 0.4) is 0 Å². The minimum Gasteiger partial charge on any atom is -0.274 e. The highest BCUT2D eigenvalue weighted by Gasteiger charge is 2.46. The number of rotatable bonds is 7. The van der Waals surface area contributed by atoms with Gasteiger partial charge < -0.3 is 0 Å². The molecule has 1 heterocycles. The van der Waals surface area contributed by atoms with Crippen molar-refractivity contribution in [3.05, 3.63) is 95.8 Å². The van der Waals surface area contributed by atoms with Crippen LogP contribution < -0.4 is 4.90 Å². The van der Waals surface area contributed by atoms with E-state index in [0.717, 1.165) is 32.5 Å². The highest BCUT2D eigenvalue weighted by Crippen LogP contribution is 2.29. The molecular formula is C25H23FN2O4S. The number of aryl methyl sites for hydroxylation is 1. The lowest BCUT2D eigenvalue weighted by Crippen LogP contribution is -2.46. The average Bonchev–Trinajstić information content (AvgIpc) is 3.09. The molecule has 1 aliphatic rings. The number of hydrogen-bond donors (Lipinski definition) is 0. The molecule has 1 aliphatic heterocycles. The SMILES string of the molecule is Cc1ccc(S(=O)(=O)N(CCc2ccccc2)C2CC(=O)N(c3ccc(F)cc3)C2=O)cc1. The zero-order valence-corrected chi connectivity index (χ0v) is 18.8. The number of imide groups is 1. The van der Waals surface area contributed by atoms with Crippen molar-refractivity contribution in [2.75, 3.05) is 11.4 Å². The Bertz CT molecular complexity index is 1260. The Morgan fingerprint density at radius 3 is 2.21 bits per heavy atom. The lowest BCUT2D eigenvalue weighted by atomic mass is 10.1. The fourth-order valence-corrected chi connectivity index (χ4v) is 5.46. The van der Waals surface area contributed by atoms with E-state index in [2.05, 4.69) is 0 Å². The number of sulfonamides is 1. The van der Waals surface area contributed by atoms with Crippen molar-refractivity contribution in [3.8, 4) is 0 Å². The van der Waals surface area contributed by atoms with Gasteiger partial charge in [-0.1, -0.05) is 48.0 Å². The first kappa shape index (κ1) is 22.8. The molecule has 1 fully saturated rings. The molecule has 0 aliphatic carbocycles. The van der Waals surface area contributed by atoms with E-state index in [-0.39, 0.29) is 23.5 Å². The Morgan fingerprint density at radius 2 is 1.58 bits per heavy atom. The lowest BCUT2D eigenvalue weighted by Gasteiger charge is -2.27. The monoisotopic (exact) mass is 466 g/mol. The maximum Gasteiger partial charge on any atom is 0.252 e. The molecule has 0 saturated carbocycles. The number of halogens is 1. The molecule has 0 radical (unpaired) electrons. The first-order valence-corrected chi connectivity index (χ1v) is 12.0. The van der Waals surface area contributed by atoms with E-state index in [1.165, 1.54) is 24.3 Å². The molecule has 33 heavy (non-hydrogen) atoms. The van der Waals surface area contributed by atoms with Crippen molar-refractivity contribution < 1.29 is 22.4 Å². The van der Waals surface area contributed by atoms with Crippen molar-refractivity contribution in [1.29, 1.82) is 0 Å². The summed E-state index contributed by atoms with van der Waals surface area (Å²) in [4.78, 5) is 27.0. The molecule has 0 N–H and O–H groups in total. The molecule has 0 bridgehead atoms. The summed E-state index contributed by atoms with van der Waals surface area (Å²) in [5.74, 6) is -1.67. The van der Waals surface area contributed by atoms with Crippen LogP contribution in [0.25, 0.3) is 0 Å². The number of amides is 2. The van der Waals surface area contributed by atoms with Gasteiger partial charge in [0.25, 0.3) is 5.91 Å². The van der Waals surface area contributed by atoms with E-state index in [1.54, 1.807) is 12.1 Å². The maximum atomic E-state index is 13.6. The van der Waals surface area contributed by atoms with E-state index in [9.17, 15) is 22.4 Å². The number of anilines is 1. The number of benzene rings is 3. The number of carbonyl (C=O) groups excluding carboxylic acids is 2. The summed E-state index contributed by atoms with van der Waals surface area (Å²) in [7, 11) is -4.07. The standard InChI is InChI=1S/C25H23FN2O4S/c1-18-7-13-22(14-8-18)33(31,32)27(16-15-19-5-3-2-4-6-19)23-17-24(29)28(25(23)30)21-11-9-20(26)10-12-21/h2-14,23H,15-17H2,1H3. The minimum atomic E-state index is -4.07. The molecule has 8 heteroatoms. The highest BCUT2D eigenvalue weighted by atomic mass is 32.2. The van der Waals surface area contributed by atoms with E-state index in [0.29, 0.717) is 6.42 Å². The summed E-state index contributed by atoms with van der Waals surface area (Å²) in [6.45, 7) is 1.88. The third-order valence-electron chi connectivity index (χ3n) is 5.65. The first-order valence-electron chi connectivity index (χ1n) is 10.5. The minimum absolute atomic E-state index is 0.0289. The Balaban J connectivity index is 1.69. The van der Waals surface area contributed by atoms with Gasteiger partial charge in [0.1, 0.15) is 11.9 Å². The van der Waals surface area contributed by atoms with Gasteiger partial charge in [0.15, 0.2) is 0 Å². The molecule has 3 aromatic rings. The summed E-state index contributed by atoms with van der Waals surface area (Å²) >= 11 is 0. The smallest absolute Gasteiger partial charge is 0.252 e. The van der Waals surface area contributed by atoms with Gasteiger partial charge in [0, 0.05) is 6.54 Å². The van der Waals surface area contributed by atoms with Gasteiger partial charge in [-0.15, -0.1) is 0 Å². The fourth-order valence-electron chi connectivity index (χ4n) is 3.88. The van der Waals surface area contributed by atoms with Gasteiger partial charge in [0.05, 0.1) is 17.0 Å². The molecule has 1 unspecified atom stereocenters. The Labute approximate surface area is 192 Å². The summed E-state index contributed by atoms with van der Waals surface area (Å²) < 4.78 is 41.6. The zero-order chi connectivity index (χ0) is 23.6. The summed E-state index contributed by atoms with van der Waals surface area (Å²) in [5.41, 5.74) is 2.03. The third-order valence-corrected chi connectivity index (χ3v) is 7.57. The molecule has 170 valence electrons. The summed E-state index contributed by atoms with van der Waals surface area (Å²) in [6, 6.07) is 19.5. The van der Waals surface area contributed by atoms with Crippen molar-refractivity contribution in [2.45, 2.75) is 30.7 Å². The lowest BCUT2D eigenvalue weighted by molar-refractivity contribution is -0.122. The predicted octanol–water partition coefficient (Wildman–Crippen LogP) is 3.70. The molecular weight excluding hydrogens is 443 g/mol. The molecule has 1 atom stereocenters. The molecule has 0 aromatic heterocycles. The number of hydrogen-bond acceptors (Lipinski definition) is 4. The third kappa shape index (κ3) is 4.72. The first-order chi connectivity index (χ1) is 15.8. The molecule has 3 aromatic carbocycles. The van der Waals surface area contributed by atoms with Crippen LogP contribution in [0, 0.1) is 12.7 Å². The van der Waals surface area contributed by atoms with Crippen molar-refractivity contribution in [1.82, 2.24) is 4.31 Å². The Kier molecular flexibility index (Phi) is 6.40. The predicted molar refractivity (Wildman–Crippen MR) is 123 cm³/mol. The maximum absolute atomic E-state index is 13.6. The normalized spacial score (nSPS) is 16.6. The topological polar surface area (TPSA) is 74.8 Å². The average molecular weight is 467 g/mol. The highest BCUT2D eigenvalue weighted by molar-refractivity contribution is 7.89. The fraction of sp³-hybridized carbons (Fsp3) is 0.200. The quantitative estimate of drug-likeness (QED) is 0.498. The van der Waals surface area contributed by atoms with Crippen LogP contribution in [0.2, 0.25) is 0 Å². The molecule has 6 nitrogen and oxygen atoms in total. The Morgan fingerprint density at radius 1 is 0.939 bits per heavy atom. The second kappa shape index (κ2) is 9.25. The van der Waals surface area contributed by atoms with Crippen molar-refractivity contribution in [2.24, 2.45) is 0 Å². The number of nitrogens with zero attached hydrogens (tertiary/aromatic N) is 2. The van der Waals surface area contributed by atoms with Crippen LogP contribution in [-0.2, 0) is 26.0 Å².